The summed E-state index contributed by atoms with van der Waals surface area (Å²) in [5, 5.41) is 15.8. The maximum atomic E-state index is 10.6. The highest BCUT2D eigenvalue weighted by Gasteiger charge is 2.19. The average Bonchev–Trinajstić information content (AvgIpc) is 2.50. The highest BCUT2D eigenvalue weighted by molar-refractivity contribution is 5.96. The first kappa shape index (κ1) is 19.6. The SMILES string of the molecule is COc1ccc(C(O)CNC(C)(C)C)c2c(OC)cccc12.Cl. The van der Waals surface area contributed by atoms with Crippen LogP contribution in [0.4, 0.5) is 0 Å². The van der Waals surface area contributed by atoms with Crippen molar-refractivity contribution in [2.45, 2.75) is 32.4 Å². The topological polar surface area (TPSA) is 50.7 Å². The van der Waals surface area contributed by atoms with E-state index in [-0.39, 0.29) is 17.9 Å². The van der Waals surface area contributed by atoms with Gasteiger partial charge in [0.25, 0.3) is 0 Å². The Morgan fingerprint density at radius 2 is 1.70 bits per heavy atom. The zero-order valence-corrected chi connectivity index (χ0v) is 15.2. The molecule has 2 aromatic rings. The molecule has 0 aliphatic carbocycles. The van der Waals surface area contributed by atoms with Gasteiger partial charge in [-0.1, -0.05) is 18.2 Å². The lowest BCUT2D eigenvalue weighted by Gasteiger charge is -2.24. The van der Waals surface area contributed by atoms with Crippen molar-refractivity contribution in [3.63, 3.8) is 0 Å². The zero-order chi connectivity index (χ0) is 16.3. The molecule has 0 saturated heterocycles. The highest BCUT2D eigenvalue weighted by atomic mass is 35.5. The number of benzene rings is 2. The smallest absolute Gasteiger partial charge is 0.127 e. The normalized spacial score (nSPS) is 12.6. The number of hydrogen-bond donors (Lipinski definition) is 2. The van der Waals surface area contributed by atoms with Gasteiger partial charge in [-0.2, -0.15) is 0 Å². The highest BCUT2D eigenvalue weighted by Crippen LogP contribution is 2.37. The molecule has 2 rings (SSSR count). The molecule has 23 heavy (non-hydrogen) atoms. The monoisotopic (exact) mass is 339 g/mol. The van der Waals surface area contributed by atoms with E-state index >= 15 is 0 Å². The van der Waals surface area contributed by atoms with Crippen molar-refractivity contribution in [1.29, 1.82) is 0 Å². The average molecular weight is 340 g/mol. The molecule has 0 aliphatic rings. The fourth-order valence-corrected chi connectivity index (χ4v) is 2.51. The van der Waals surface area contributed by atoms with Gasteiger partial charge in [-0.25, -0.2) is 0 Å². The van der Waals surface area contributed by atoms with Crippen LogP contribution in [-0.2, 0) is 0 Å². The molecular formula is C18H26ClNO3. The molecule has 0 amide bonds. The molecule has 0 spiro atoms. The van der Waals surface area contributed by atoms with Crippen LogP contribution in [0.2, 0.25) is 0 Å². The first-order chi connectivity index (χ1) is 10.4. The lowest BCUT2D eigenvalue weighted by atomic mass is 9.98. The summed E-state index contributed by atoms with van der Waals surface area (Å²) in [6.45, 7) is 6.70. The van der Waals surface area contributed by atoms with Gasteiger partial charge in [0, 0.05) is 22.9 Å². The number of fused-ring (bicyclic) bond motifs is 1. The van der Waals surface area contributed by atoms with Crippen molar-refractivity contribution >= 4 is 23.2 Å². The molecule has 1 atom stereocenters. The molecule has 0 aliphatic heterocycles. The maximum Gasteiger partial charge on any atom is 0.127 e. The molecule has 0 fully saturated rings. The predicted molar refractivity (Wildman–Crippen MR) is 97.0 cm³/mol. The number of ether oxygens (including phenoxy) is 2. The lowest BCUT2D eigenvalue weighted by molar-refractivity contribution is 0.164. The molecule has 128 valence electrons. The van der Waals surface area contributed by atoms with Crippen LogP contribution in [0.1, 0.15) is 32.4 Å². The van der Waals surface area contributed by atoms with Gasteiger partial charge >= 0.3 is 0 Å². The van der Waals surface area contributed by atoms with Crippen molar-refractivity contribution < 1.29 is 14.6 Å². The van der Waals surface area contributed by atoms with Gasteiger partial charge in [0.1, 0.15) is 11.5 Å². The third-order valence-electron chi connectivity index (χ3n) is 3.62. The van der Waals surface area contributed by atoms with E-state index in [0.29, 0.717) is 6.54 Å². The lowest BCUT2D eigenvalue weighted by Crippen LogP contribution is -2.38. The Morgan fingerprint density at radius 1 is 1.04 bits per heavy atom. The minimum absolute atomic E-state index is 0. The Bertz CT molecular complexity index is 652. The summed E-state index contributed by atoms with van der Waals surface area (Å²) in [6, 6.07) is 9.59. The zero-order valence-electron chi connectivity index (χ0n) is 14.3. The fourth-order valence-electron chi connectivity index (χ4n) is 2.51. The first-order valence-corrected chi connectivity index (χ1v) is 7.44. The van der Waals surface area contributed by atoms with E-state index in [4.69, 9.17) is 9.47 Å². The number of rotatable bonds is 5. The van der Waals surface area contributed by atoms with Gasteiger partial charge in [-0.3, -0.25) is 0 Å². The van der Waals surface area contributed by atoms with E-state index in [1.54, 1.807) is 14.2 Å². The summed E-state index contributed by atoms with van der Waals surface area (Å²) < 4.78 is 10.9. The molecule has 0 heterocycles. The van der Waals surface area contributed by atoms with Crippen molar-refractivity contribution in [3.05, 3.63) is 35.9 Å². The molecule has 4 nitrogen and oxygen atoms in total. The Kier molecular flexibility index (Phi) is 6.69. The summed E-state index contributed by atoms with van der Waals surface area (Å²) in [7, 11) is 3.28. The largest absolute Gasteiger partial charge is 0.496 e. The Hall–Kier alpha value is -1.49. The Morgan fingerprint density at radius 3 is 2.26 bits per heavy atom. The van der Waals surface area contributed by atoms with Crippen molar-refractivity contribution in [2.24, 2.45) is 0 Å². The predicted octanol–water partition coefficient (Wildman–Crippen LogP) is 3.70. The Labute approximate surface area is 144 Å². The van der Waals surface area contributed by atoms with Crippen LogP contribution in [0.15, 0.2) is 30.3 Å². The van der Waals surface area contributed by atoms with E-state index in [1.165, 1.54) is 0 Å². The van der Waals surface area contributed by atoms with Crippen LogP contribution in [0.25, 0.3) is 10.8 Å². The number of aliphatic hydroxyl groups is 1. The van der Waals surface area contributed by atoms with Crippen molar-refractivity contribution in [2.75, 3.05) is 20.8 Å². The Balaban J connectivity index is 0.00000264. The van der Waals surface area contributed by atoms with Crippen LogP contribution in [0, 0.1) is 0 Å². The first-order valence-electron chi connectivity index (χ1n) is 7.44. The molecule has 1 unspecified atom stereocenters. The van der Waals surface area contributed by atoms with Crippen LogP contribution in [0.5, 0.6) is 11.5 Å². The van der Waals surface area contributed by atoms with Gasteiger partial charge in [-0.05, 0) is 38.5 Å². The number of halogens is 1. The van der Waals surface area contributed by atoms with E-state index in [0.717, 1.165) is 27.8 Å². The number of β-amino-alcohol motifs (C(OH)–C–C–N with tert-alkyl or cyclic N) is 1. The van der Waals surface area contributed by atoms with Crippen LogP contribution in [0.3, 0.4) is 0 Å². The van der Waals surface area contributed by atoms with Crippen LogP contribution < -0.4 is 14.8 Å². The molecule has 5 heteroatoms. The minimum atomic E-state index is -0.621. The second kappa shape index (κ2) is 7.86. The van der Waals surface area contributed by atoms with Crippen molar-refractivity contribution in [1.82, 2.24) is 5.32 Å². The quantitative estimate of drug-likeness (QED) is 0.872. The summed E-state index contributed by atoms with van der Waals surface area (Å²) >= 11 is 0. The van der Waals surface area contributed by atoms with Crippen LogP contribution in [-0.4, -0.2) is 31.4 Å². The van der Waals surface area contributed by atoms with E-state index < -0.39 is 6.10 Å². The van der Waals surface area contributed by atoms with E-state index in [1.807, 2.05) is 30.3 Å². The van der Waals surface area contributed by atoms with Gasteiger partial charge in [0.2, 0.25) is 0 Å². The molecule has 0 bridgehead atoms. The van der Waals surface area contributed by atoms with Crippen molar-refractivity contribution in [3.8, 4) is 11.5 Å². The third-order valence-corrected chi connectivity index (χ3v) is 3.62. The summed E-state index contributed by atoms with van der Waals surface area (Å²) in [6.07, 6.45) is -0.621. The van der Waals surface area contributed by atoms with Gasteiger partial charge in [-0.15, -0.1) is 12.4 Å². The van der Waals surface area contributed by atoms with Gasteiger partial charge < -0.3 is 19.9 Å². The molecule has 2 aromatic carbocycles. The molecule has 0 saturated carbocycles. The summed E-state index contributed by atoms with van der Waals surface area (Å²) in [5.74, 6) is 1.51. The summed E-state index contributed by atoms with van der Waals surface area (Å²) in [4.78, 5) is 0. The second-order valence-corrected chi connectivity index (χ2v) is 6.39. The molecule has 0 radical (unpaired) electrons. The van der Waals surface area contributed by atoms with Crippen LogP contribution >= 0.6 is 12.4 Å². The minimum Gasteiger partial charge on any atom is -0.496 e. The maximum absolute atomic E-state index is 10.6. The molecule has 0 aromatic heterocycles. The third kappa shape index (κ3) is 4.50. The fraction of sp³-hybridized carbons (Fsp3) is 0.444. The standard InChI is InChI=1S/C18H25NO3.ClH/c1-18(2,3)19-11-14(20)12-9-10-15(21-4)13-7-6-8-16(22-5)17(12)13;/h6-10,14,19-20H,11H2,1-5H3;1H. The van der Waals surface area contributed by atoms with E-state index in [2.05, 4.69) is 26.1 Å². The second-order valence-electron chi connectivity index (χ2n) is 6.39. The van der Waals surface area contributed by atoms with E-state index in [9.17, 15) is 5.11 Å². The number of nitrogens with one attached hydrogen (secondary N) is 1. The number of hydrogen-bond acceptors (Lipinski definition) is 4. The molecular weight excluding hydrogens is 314 g/mol. The van der Waals surface area contributed by atoms with Gasteiger partial charge in [0.05, 0.1) is 20.3 Å². The number of aliphatic hydroxyl groups excluding tert-OH is 1. The molecule has 2 N–H and O–H groups in total. The van der Waals surface area contributed by atoms with Gasteiger partial charge in [0.15, 0.2) is 0 Å². The number of methoxy groups -OCH3 is 2. The summed E-state index contributed by atoms with van der Waals surface area (Å²) in [5.41, 5.74) is 0.790.